The van der Waals surface area contributed by atoms with E-state index in [9.17, 15) is 4.79 Å². The van der Waals surface area contributed by atoms with Crippen LogP contribution in [-0.4, -0.2) is 22.2 Å². The van der Waals surface area contributed by atoms with Gasteiger partial charge in [-0.05, 0) is 38.1 Å². The summed E-state index contributed by atoms with van der Waals surface area (Å²) < 4.78 is 5.64. The van der Waals surface area contributed by atoms with Gasteiger partial charge in [0.1, 0.15) is 10.8 Å². The number of carbonyl (C=O) groups excluding carboxylic acids is 1. The molecule has 1 N–H and O–H groups in total. The van der Waals surface area contributed by atoms with Crippen LogP contribution < -0.4 is 10.1 Å². The standard InChI is InChI=1S/C18H16ClN3O2S/c1-11-3-9-15(10-4-11)24-12(2)16(23)20-18-22-21-17(25-18)13-5-7-14(19)8-6-13/h3-10,12H,1-2H3,(H,20,22,23). The zero-order chi connectivity index (χ0) is 17.8. The van der Waals surface area contributed by atoms with Crippen LogP contribution in [0.25, 0.3) is 10.6 Å². The molecule has 0 aliphatic carbocycles. The summed E-state index contributed by atoms with van der Waals surface area (Å²) in [6.45, 7) is 3.68. The first-order valence-electron chi connectivity index (χ1n) is 7.65. The Morgan fingerprint density at radius 2 is 1.80 bits per heavy atom. The molecule has 0 bridgehead atoms. The topological polar surface area (TPSA) is 64.1 Å². The van der Waals surface area contributed by atoms with Gasteiger partial charge in [0.05, 0.1) is 0 Å². The lowest BCUT2D eigenvalue weighted by Gasteiger charge is -2.13. The number of anilines is 1. The summed E-state index contributed by atoms with van der Waals surface area (Å²) in [6, 6.07) is 14.8. The Hall–Kier alpha value is -2.44. The maximum atomic E-state index is 12.3. The van der Waals surface area contributed by atoms with Crippen molar-refractivity contribution < 1.29 is 9.53 Å². The fourth-order valence-corrected chi connectivity index (χ4v) is 2.94. The first-order valence-corrected chi connectivity index (χ1v) is 8.84. The van der Waals surface area contributed by atoms with Crippen LogP contribution in [-0.2, 0) is 4.79 Å². The smallest absolute Gasteiger partial charge is 0.266 e. The van der Waals surface area contributed by atoms with Gasteiger partial charge < -0.3 is 4.74 Å². The molecule has 3 rings (SSSR count). The zero-order valence-electron chi connectivity index (χ0n) is 13.7. The molecule has 0 spiro atoms. The molecule has 1 aromatic heterocycles. The largest absolute Gasteiger partial charge is 0.481 e. The summed E-state index contributed by atoms with van der Waals surface area (Å²) in [4.78, 5) is 12.3. The van der Waals surface area contributed by atoms with Crippen LogP contribution in [0, 0.1) is 6.92 Å². The van der Waals surface area contributed by atoms with Crippen molar-refractivity contribution in [3.63, 3.8) is 0 Å². The molecule has 0 saturated heterocycles. The highest BCUT2D eigenvalue weighted by molar-refractivity contribution is 7.18. The molecular weight excluding hydrogens is 358 g/mol. The molecule has 1 atom stereocenters. The molecule has 0 fully saturated rings. The van der Waals surface area contributed by atoms with E-state index in [1.807, 2.05) is 43.3 Å². The van der Waals surface area contributed by atoms with Crippen LogP contribution in [0.3, 0.4) is 0 Å². The minimum absolute atomic E-state index is 0.278. The second-order valence-corrected chi connectivity index (χ2v) is 6.90. The summed E-state index contributed by atoms with van der Waals surface area (Å²) in [5.41, 5.74) is 2.03. The third-order valence-corrected chi connectivity index (χ3v) is 4.59. The maximum absolute atomic E-state index is 12.3. The number of nitrogens with one attached hydrogen (secondary N) is 1. The lowest BCUT2D eigenvalue weighted by molar-refractivity contribution is -0.122. The molecular formula is C18H16ClN3O2S. The van der Waals surface area contributed by atoms with E-state index in [1.165, 1.54) is 11.3 Å². The van der Waals surface area contributed by atoms with Gasteiger partial charge in [-0.15, -0.1) is 10.2 Å². The molecule has 0 saturated carbocycles. The van der Waals surface area contributed by atoms with Crippen LogP contribution in [0.1, 0.15) is 12.5 Å². The Bertz CT molecular complexity index is 863. The first-order chi connectivity index (χ1) is 12.0. The predicted molar refractivity (Wildman–Crippen MR) is 100 cm³/mol. The Labute approximate surface area is 154 Å². The number of aryl methyl sites for hydroxylation is 1. The van der Waals surface area contributed by atoms with Crippen molar-refractivity contribution in [2.24, 2.45) is 0 Å². The number of hydrogen-bond acceptors (Lipinski definition) is 5. The number of ether oxygens (including phenoxy) is 1. The molecule has 0 aliphatic rings. The summed E-state index contributed by atoms with van der Waals surface area (Å²) in [6.07, 6.45) is -0.648. The fourth-order valence-electron chi connectivity index (χ4n) is 2.06. The second-order valence-electron chi connectivity index (χ2n) is 5.48. The highest BCUT2D eigenvalue weighted by Gasteiger charge is 2.17. The van der Waals surface area contributed by atoms with Crippen molar-refractivity contribution >= 4 is 34.0 Å². The summed E-state index contributed by atoms with van der Waals surface area (Å²) in [5, 5.41) is 12.6. The Kier molecular flexibility index (Phi) is 5.31. The molecule has 0 radical (unpaired) electrons. The van der Waals surface area contributed by atoms with E-state index in [0.29, 0.717) is 20.9 Å². The van der Waals surface area contributed by atoms with Crippen molar-refractivity contribution in [3.8, 4) is 16.3 Å². The minimum atomic E-state index is -0.648. The van der Waals surface area contributed by atoms with Crippen LogP contribution in [0.4, 0.5) is 5.13 Å². The average Bonchev–Trinajstić information content (AvgIpc) is 3.06. The van der Waals surface area contributed by atoms with E-state index in [-0.39, 0.29) is 5.91 Å². The van der Waals surface area contributed by atoms with Crippen molar-refractivity contribution in [1.29, 1.82) is 0 Å². The number of amides is 1. The zero-order valence-corrected chi connectivity index (χ0v) is 15.3. The van der Waals surface area contributed by atoms with Gasteiger partial charge in [-0.1, -0.05) is 52.8 Å². The quantitative estimate of drug-likeness (QED) is 0.711. The summed E-state index contributed by atoms with van der Waals surface area (Å²) >= 11 is 7.17. The van der Waals surface area contributed by atoms with E-state index in [4.69, 9.17) is 16.3 Å². The van der Waals surface area contributed by atoms with Gasteiger partial charge in [0, 0.05) is 10.6 Å². The van der Waals surface area contributed by atoms with Gasteiger partial charge in [-0.2, -0.15) is 0 Å². The third-order valence-electron chi connectivity index (χ3n) is 3.45. The molecule has 7 heteroatoms. The lowest BCUT2D eigenvalue weighted by Crippen LogP contribution is -2.30. The Morgan fingerprint density at radius 3 is 2.48 bits per heavy atom. The molecule has 5 nitrogen and oxygen atoms in total. The molecule has 128 valence electrons. The van der Waals surface area contributed by atoms with E-state index >= 15 is 0 Å². The van der Waals surface area contributed by atoms with Crippen LogP contribution in [0.2, 0.25) is 5.02 Å². The summed E-state index contributed by atoms with van der Waals surface area (Å²) in [7, 11) is 0. The average molecular weight is 374 g/mol. The second kappa shape index (κ2) is 7.63. The van der Waals surface area contributed by atoms with E-state index in [1.54, 1.807) is 19.1 Å². The fraction of sp³-hybridized carbons (Fsp3) is 0.167. The first kappa shape index (κ1) is 17.4. The van der Waals surface area contributed by atoms with Crippen molar-refractivity contribution in [3.05, 3.63) is 59.1 Å². The number of carbonyl (C=O) groups is 1. The van der Waals surface area contributed by atoms with Crippen molar-refractivity contribution in [2.75, 3.05) is 5.32 Å². The van der Waals surface area contributed by atoms with Gasteiger partial charge in [-0.25, -0.2) is 0 Å². The number of aromatic nitrogens is 2. The minimum Gasteiger partial charge on any atom is -0.481 e. The molecule has 1 unspecified atom stereocenters. The van der Waals surface area contributed by atoms with Gasteiger partial charge in [0.25, 0.3) is 5.91 Å². The predicted octanol–water partition coefficient (Wildman–Crippen LogP) is 4.57. The number of nitrogens with zero attached hydrogens (tertiary/aromatic N) is 2. The van der Waals surface area contributed by atoms with Gasteiger partial charge in [0.2, 0.25) is 5.13 Å². The number of benzene rings is 2. The van der Waals surface area contributed by atoms with Crippen LogP contribution in [0.15, 0.2) is 48.5 Å². The maximum Gasteiger partial charge on any atom is 0.266 e. The highest BCUT2D eigenvalue weighted by atomic mass is 35.5. The van der Waals surface area contributed by atoms with E-state index in [2.05, 4.69) is 15.5 Å². The molecule has 3 aromatic rings. The van der Waals surface area contributed by atoms with E-state index in [0.717, 1.165) is 11.1 Å². The number of rotatable bonds is 5. The van der Waals surface area contributed by atoms with Crippen molar-refractivity contribution in [2.45, 2.75) is 20.0 Å². The number of halogens is 1. The number of hydrogen-bond donors (Lipinski definition) is 1. The van der Waals surface area contributed by atoms with Crippen molar-refractivity contribution in [1.82, 2.24) is 10.2 Å². The molecule has 2 aromatic carbocycles. The molecule has 25 heavy (non-hydrogen) atoms. The molecule has 1 heterocycles. The van der Waals surface area contributed by atoms with E-state index < -0.39 is 6.10 Å². The molecule has 1 amide bonds. The lowest BCUT2D eigenvalue weighted by atomic mass is 10.2. The summed E-state index contributed by atoms with van der Waals surface area (Å²) in [5.74, 6) is 0.367. The van der Waals surface area contributed by atoms with Gasteiger partial charge in [0.15, 0.2) is 6.10 Å². The SMILES string of the molecule is Cc1ccc(OC(C)C(=O)Nc2nnc(-c3ccc(Cl)cc3)s2)cc1. The molecule has 0 aliphatic heterocycles. The third kappa shape index (κ3) is 4.55. The Balaban J connectivity index is 1.62. The van der Waals surface area contributed by atoms with Crippen LogP contribution in [0.5, 0.6) is 5.75 Å². The highest BCUT2D eigenvalue weighted by Crippen LogP contribution is 2.27. The van der Waals surface area contributed by atoms with Crippen LogP contribution >= 0.6 is 22.9 Å². The van der Waals surface area contributed by atoms with Gasteiger partial charge in [-0.3, -0.25) is 10.1 Å². The Morgan fingerprint density at radius 1 is 1.12 bits per heavy atom. The normalized spacial score (nSPS) is 11.8. The van der Waals surface area contributed by atoms with Gasteiger partial charge >= 0.3 is 0 Å². The monoisotopic (exact) mass is 373 g/mol.